The Morgan fingerprint density at radius 1 is 1.00 bits per heavy atom. The Morgan fingerprint density at radius 2 is 1.67 bits per heavy atom. The molecule has 1 heterocycles. The van der Waals surface area contributed by atoms with Crippen LogP contribution in [0.5, 0.6) is 0 Å². The summed E-state index contributed by atoms with van der Waals surface area (Å²) in [5.74, 6) is -1.14. The van der Waals surface area contributed by atoms with Crippen molar-refractivity contribution in [3.05, 3.63) is 56.3 Å². The van der Waals surface area contributed by atoms with Crippen LogP contribution in [0.2, 0.25) is 0 Å². The molecule has 0 N–H and O–H groups in total. The molecule has 18 heavy (non-hydrogen) atoms. The maximum absolute atomic E-state index is 13.8. The summed E-state index contributed by atoms with van der Waals surface area (Å²) in [5, 5.41) is -0.575. The van der Waals surface area contributed by atoms with Gasteiger partial charge >= 0.3 is 0 Å². The number of hydrogen-bond donors (Lipinski definition) is 0. The summed E-state index contributed by atoms with van der Waals surface area (Å²) < 4.78 is 27.0. The molecule has 2 aromatic rings. The summed E-state index contributed by atoms with van der Waals surface area (Å²) in [4.78, 5) is 2.20. The Balaban J connectivity index is 2.49. The minimum atomic E-state index is -0.596. The zero-order valence-corrected chi connectivity index (χ0v) is 11.9. The zero-order valence-electron chi connectivity index (χ0n) is 10.4. The predicted molar refractivity (Wildman–Crippen MR) is 72.6 cm³/mol. The monoisotopic (exact) mass is 286 g/mol. The van der Waals surface area contributed by atoms with E-state index in [0.29, 0.717) is 11.1 Å². The molecule has 0 bridgehead atoms. The molecule has 0 aliphatic rings. The van der Waals surface area contributed by atoms with Crippen LogP contribution >= 0.6 is 22.9 Å². The van der Waals surface area contributed by atoms with Crippen LogP contribution in [0.25, 0.3) is 0 Å². The molecule has 2 rings (SSSR count). The molecular weight excluding hydrogens is 274 g/mol. The second-order valence-corrected chi connectivity index (χ2v) is 6.25. The van der Waals surface area contributed by atoms with E-state index in [0.717, 1.165) is 21.4 Å². The van der Waals surface area contributed by atoms with Gasteiger partial charge in [-0.1, -0.05) is 0 Å². The van der Waals surface area contributed by atoms with E-state index in [2.05, 4.69) is 0 Å². The molecule has 0 saturated carbocycles. The third-order valence-electron chi connectivity index (χ3n) is 2.90. The molecule has 96 valence electrons. The molecule has 1 aromatic carbocycles. The second-order valence-electron chi connectivity index (χ2n) is 4.35. The number of aryl methyl sites for hydroxylation is 3. The lowest BCUT2D eigenvalue weighted by Crippen LogP contribution is -1.99. The fraction of sp³-hybridized carbons (Fsp3) is 0.286. The van der Waals surface area contributed by atoms with Crippen LogP contribution in [0.1, 0.15) is 31.8 Å². The van der Waals surface area contributed by atoms with Crippen molar-refractivity contribution in [2.45, 2.75) is 26.1 Å². The molecule has 1 unspecified atom stereocenters. The maximum Gasteiger partial charge on any atom is 0.131 e. The van der Waals surface area contributed by atoms with Gasteiger partial charge in [-0.3, -0.25) is 0 Å². The van der Waals surface area contributed by atoms with Crippen molar-refractivity contribution in [3.63, 3.8) is 0 Å². The topological polar surface area (TPSA) is 0 Å². The van der Waals surface area contributed by atoms with Crippen molar-refractivity contribution >= 4 is 22.9 Å². The molecule has 0 radical (unpaired) electrons. The third-order valence-corrected chi connectivity index (χ3v) is 4.36. The highest BCUT2D eigenvalue weighted by atomic mass is 35.5. The fourth-order valence-electron chi connectivity index (χ4n) is 1.94. The number of hydrogen-bond acceptors (Lipinski definition) is 1. The van der Waals surface area contributed by atoms with Crippen molar-refractivity contribution in [3.8, 4) is 0 Å². The van der Waals surface area contributed by atoms with Gasteiger partial charge in [0.1, 0.15) is 11.6 Å². The summed E-state index contributed by atoms with van der Waals surface area (Å²) in [7, 11) is 0. The van der Waals surface area contributed by atoms with Gasteiger partial charge in [0.15, 0.2) is 0 Å². The van der Waals surface area contributed by atoms with Crippen LogP contribution in [0.3, 0.4) is 0 Å². The van der Waals surface area contributed by atoms with Gasteiger partial charge in [-0.2, -0.15) is 0 Å². The molecule has 1 aromatic heterocycles. The van der Waals surface area contributed by atoms with Crippen LogP contribution in [-0.2, 0) is 0 Å². The zero-order chi connectivity index (χ0) is 13.4. The molecule has 0 aliphatic heterocycles. The largest absolute Gasteiger partial charge is 0.207 e. The van der Waals surface area contributed by atoms with Gasteiger partial charge in [0, 0.05) is 21.4 Å². The average Bonchev–Trinajstić information content (AvgIpc) is 2.62. The highest BCUT2D eigenvalue weighted by Gasteiger charge is 2.20. The quantitative estimate of drug-likeness (QED) is 0.659. The number of halogens is 3. The van der Waals surface area contributed by atoms with Gasteiger partial charge in [0.25, 0.3) is 0 Å². The first-order valence-electron chi connectivity index (χ1n) is 5.56. The summed E-state index contributed by atoms with van der Waals surface area (Å²) in [6, 6.07) is 4.33. The number of benzene rings is 1. The number of rotatable bonds is 2. The van der Waals surface area contributed by atoms with Crippen molar-refractivity contribution < 1.29 is 8.78 Å². The molecule has 0 nitrogen and oxygen atoms in total. The van der Waals surface area contributed by atoms with Gasteiger partial charge in [0.2, 0.25) is 0 Å². The van der Waals surface area contributed by atoms with Crippen LogP contribution < -0.4 is 0 Å². The Morgan fingerprint density at radius 3 is 2.22 bits per heavy atom. The summed E-state index contributed by atoms with van der Waals surface area (Å²) in [6.45, 7) is 5.54. The second kappa shape index (κ2) is 4.98. The first-order chi connectivity index (χ1) is 8.40. The fourth-order valence-corrected chi connectivity index (χ4v) is 3.37. The molecule has 0 amide bonds. The molecule has 4 heteroatoms. The summed E-state index contributed by atoms with van der Waals surface area (Å²) in [6.07, 6.45) is 0. The van der Waals surface area contributed by atoms with Crippen molar-refractivity contribution in [1.29, 1.82) is 0 Å². The minimum Gasteiger partial charge on any atom is -0.207 e. The molecule has 0 fully saturated rings. The van der Waals surface area contributed by atoms with Crippen molar-refractivity contribution in [2.75, 3.05) is 0 Å². The van der Waals surface area contributed by atoms with Crippen LogP contribution in [-0.4, -0.2) is 0 Å². The van der Waals surface area contributed by atoms with E-state index >= 15 is 0 Å². The normalized spacial score (nSPS) is 12.8. The SMILES string of the molecule is Cc1cc(C(Cl)c2cc(C)c(F)cc2F)c(C)s1. The smallest absolute Gasteiger partial charge is 0.131 e. The highest BCUT2D eigenvalue weighted by molar-refractivity contribution is 7.12. The van der Waals surface area contributed by atoms with E-state index in [1.54, 1.807) is 18.3 Å². The Hall–Kier alpha value is -0.930. The van der Waals surface area contributed by atoms with E-state index in [1.807, 2.05) is 19.9 Å². The van der Waals surface area contributed by atoms with Gasteiger partial charge in [-0.05, 0) is 44.0 Å². The standard InChI is InChI=1S/C14H13ClF2S/c1-7-4-11(13(17)6-12(7)16)14(15)10-5-8(2)18-9(10)3/h4-6,14H,1-3H3. The third kappa shape index (κ3) is 2.43. The van der Waals surface area contributed by atoms with Crippen LogP contribution in [0.15, 0.2) is 18.2 Å². The Kier molecular flexibility index (Phi) is 3.74. The number of alkyl halides is 1. The average molecular weight is 287 g/mol. The molecular formula is C14H13ClF2S. The molecule has 1 atom stereocenters. The lowest BCUT2D eigenvalue weighted by molar-refractivity contribution is 0.568. The lowest BCUT2D eigenvalue weighted by Gasteiger charge is -2.12. The van der Waals surface area contributed by atoms with Gasteiger partial charge in [0.05, 0.1) is 5.38 Å². The Bertz CT molecular complexity index is 590. The lowest BCUT2D eigenvalue weighted by atomic mass is 10.0. The van der Waals surface area contributed by atoms with E-state index in [-0.39, 0.29) is 0 Å². The van der Waals surface area contributed by atoms with E-state index in [9.17, 15) is 8.78 Å². The van der Waals surface area contributed by atoms with Crippen molar-refractivity contribution in [2.24, 2.45) is 0 Å². The van der Waals surface area contributed by atoms with Gasteiger partial charge in [-0.15, -0.1) is 22.9 Å². The number of thiophene rings is 1. The van der Waals surface area contributed by atoms with Crippen LogP contribution in [0, 0.1) is 32.4 Å². The van der Waals surface area contributed by atoms with Gasteiger partial charge < -0.3 is 0 Å². The predicted octanol–water partition coefficient (Wildman–Crippen LogP) is 5.28. The van der Waals surface area contributed by atoms with E-state index < -0.39 is 17.0 Å². The maximum atomic E-state index is 13.8. The van der Waals surface area contributed by atoms with E-state index in [1.165, 1.54) is 6.07 Å². The first kappa shape index (κ1) is 13.5. The Labute approximate surface area is 114 Å². The molecule has 0 saturated heterocycles. The van der Waals surface area contributed by atoms with Crippen molar-refractivity contribution in [1.82, 2.24) is 0 Å². The summed E-state index contributed by atoms with van der Waals surface area (Å²) in [5.41, 5.74) is 1.63. The van der Waals surface area contributed by atoms with E-state index in [4.69, 9.17) is 11.6 Å². The molecule has 0 spiro atoms. The minimum absolute atomic E-state index is 0.330. The summed E-state index contributed by atoms with van der Waals surface area (Å²) >= 11 is 7.95. The molecule has 0 aliphatic carbocycles. The first-order valence-corrected chi connectivity index (χ1v) is 6.82. The van der Waals surface area contributed by atoms with Crippen LogP contribution in [0.4, 0.5) is 8.78 Å². The highest BCUT2D eigenvalue weighted by Crippen LogP contribution is 2.36. The van der Waals surface area contributed by atoms with Gasteiger partial charge in [-0.25, -0.2) is 8.78 Å².